The van der Waals surface area contributed by atoms with Crippen LogP contribution in [0.5, 0.6) is 0 Å². The molecule has 0 saturated heterocycles. The smallest absolute Gasteiger partial charge is 0.310 e. The Bertz CT molecular complexity index is 891. The largest absolute Gasteiger partial charge is 0.447 e. The van der Waals surface area contributed by atoms with Crippen LogP contribution in [-0.4, -0.2) is 22.8 Å². The van der Waals surface area contributed by atoms with Crippen LogP contribution in [0.4, 0.5) is 5.82 Å². The second kappa shape index (κ2) is 8.19. The molecule has 1 N–H and O–H groups in total. The summed E-state index contributed by atoms with van der Waals surface area (Å²) in [6, 6.07) is 10.5. The molecule has 0 aliphatic heterocycles. The van der Waals surface area contributed by atoms with Gasteiger partial charge in [-0.3, -0.25) is 14.4 Å². The third kappa shape index (κ3) is 4.23. The van der Waals surface area contributed by atoms with Gasteiger partial charge in [0.2, 0.25) is 6.10 Å². The number of ketones is 1. The lowest BCUT2D eigenvalue weighted by Crippen LogP contribution is -2.40. The van der Waals surface area contributed by atoms with Crippen molar-refractivity contribution in [2.75, 3.05) is 5.32 Å². The number of Topliss-reactive ketones (excluding diaryl/α,β-unsaturated/α-hetero) is 1. The molecule has 152 valence electrons. The van der Waals surface area contributed by atoms with Crippen LogP contribution in [-0.2, 0) is 19.1 Å². The van der Waals surface area contributed by atoms with E-state index >= 15 is 0 Å². The van der Waals surface area contributed by atoms with Crippen molar-refractivity contribution in [1.29, 1.82) is 0 Å². The standard InChI is InChI=1S/C22H24N2O5/c1-13-10-18(24-29-13)23-21(26)20(14-6-3-2-4-7-14)28-22(27)17-11-15-8-5-9-16(12-17)19(15)25/h2-4,6-7,10,15-17,20H,5,8-9,11-12H2,1H3,(H,23,24,26). The van der Waals surface area contributed by atoms with Crippen LogP contribution in [0.2, 0.25) is 0 Å². The van der Waals surface area contributed by atoms with Gasteiger partial charge in [0, 0.05) is 23.5 Å². The molecule has 29 heavy (non-hydrogen) atoms. The molecule has 4 rings (SSSR count). The normalized spacial score (nSPS) is 24.6. The van der Waals surface area contributed by atoms with Crippen LogP contribution >= 0.6 is 0 Å². The number of hydrogen-bond donors (Lipinski definition) is 1. The summed E-state index contributed by atoms with van der Waals surface area (Å²) in [6.45, 7) is 1.72. The van der Waals surface area contributed by atoms with Crippen LogP contribution in [0.1, 0.15) is 49.5 Å². The zero-order valence-corrected chi connectivity index (χ0v) is 16.3. The highest BCUT2D eigenvalue weighted by molar-refractivity contribution is 5.95. The summed E-state index contributed by atoms with van der Waals surface area (Å²) in [4.78, 5) is 38.1. The van der Waals surface area contributed by atoms with E-state index in [4.69, 9.17) is 9.26 Å². The fraction of sp³-hybridized carbons (Fsp3) is 0.455. The summed E-state index contributed by atoms with van der Waals surface area (Å²) < 4.78 is 10.7. The molecular weight excluding hydrogens is 372 g/mol. The zero-order chi connectivity index (χ0) is 20.4. The first-order chi connectivity index (χ1) is 14.0. The molecule has 1 heterocycles. The number of aryl methyl sites for hydroxylation is 1. The Morgan fingerprint density at radius 3 is 2.48 bits per heavy atom. The molecule has 7 nitrogen and oxygen atoms in total. The molecule has 2 bridgehead atoms. The second-order valence-corrected chi connectivity index (χ2v) is 7.94. The summed E-state index contributed by atoms with van der Waals surface area (Å²) in [6.07, 6.45) is 2.65. The van der Waals surface area contributed by atoms with E-state index in [-0.39, 0.29) is 23.6 Å². The maximum atomic E-state index is 12.9. The number of rotatable bonds is 5. The fourth-order valence-corrected chi connectivity index (χ4v) is 4.40. The maximum Gasteiger partial charge on any atom is 0.310 e. The summed E-state index contributed by atoms with van der Waals surface area (Å²) >= 11 is 0. The summed E-state index contributed by atoms with van der Waals surface area (Å²) in [5.41, 5.74) is 0.575. The fourth-order valence-electron chi connectivity index (χ4n) is 4.40. The Labute approximate surface area is 168 Å². The molecule has 1 aromatic heterocycles. The average molecular weight is 396 g/mol. The third-order valence-corrected chi connectivity index (χ3v) is 5.84. The van der Waals surface area contributed by atoms with Gasteiger partial charge in [-0.05, 0) is 32.6 Å². The van der Waals surface area contributed by atoms with E-state index in [0.29, 0.717) is 29.9 Å². The molecule has 3 atom stereocenters. The lowest BCUT2D eigenvalue weighted by atomic mass is 9.67. The Balaban J connectivity index is 1.50. The molecule has 2 aliphatic rings. The highest BCUT2D eigenvalue weighted by atomic mass is 16.5. The third-order valence-electron chi connectivity index (χ3n) is 5.84. The van der Waals surface area contributed by atoms with E-state index in [2.05, 4.69) is 10.5 Å². The minimum Gasteiger partial charge on any atom is -0.447 e. The van der Waals surface area contributed by atoms with E-state index < -0.39 is 18.0 Å². The molecule has 2 aromatic rings. The average Bonchev–Trinajstić information content (AvgIpc) is 3.11. The molecule has 0 radical (unpaired) electrons. The van der Waals surface area contributed by atoms with Crippen molar-refractivity contribution in [2.24, 2.45) is 17.8 Å². The van der Waals surface area contributed by atoms with Crippen molar-refractivity contribution in [3.8, 4) is 0 Å². The Morgan fingerprint density at radius 1 is 1.17 bits per heavy atom. The lowest BCUT2D eigenvalue weighted by Gasteiger charge is -2.36. The number of hydrogen-bond acceptors (Lipinski definition) is 6. The molecule has 0 spiro atoms. The number of esters is 1. The zero-order valence-electron chi connectivity index (χ0n) is 16.3. The quantitative estimate of drug-likeness (QED) is 0.776. The predicted octanol–water partition coefficient (Wildman–Crippen LogP) is 3.60. The van der Waals surface area contributed by atoms with Crippen LogP contribution < -0.4 is 5.32 Å². The van der Waals surface area contributed by atoms with Crippen molar-refractivity contribution in [2.45, 2.75) is 45.1 Å². The van der Waals surface area contributed by atoms with Gasteiger partial charge in [-0.25, -0.2) is 0 Å². The molecule has 2 aliphatic carbocycles. The Kier molecular flexibility index (Phi) is 5.47. The van der Waals surface area contributed by atoms with Gasteiger partial charge < -0.3 is 14.6 Å². The second-order valence-electron chi connectivity index (χ2n) is 7.94. The topological polar surface area (TPSA) is 98.5 Å². The van der Waals surface area contributed by atoms with E-state index in [1.165, 1.54) is 0 Å². The molecular formula is C22H24N2O5. The number of nitrogens with zero attached hydrogens (tertiary/aromatic N) is 1. The number of anilines is 1. The SMILES string of the molecule is Cc1cc(NC(=O)C(OC(=O)C2CC3CCCC(C2)C3=O)c2ccccc2)no1. The number of aromatic nitrogens is 1. The predicted molar refractivity (Wildman–Crippen MR) is 104 cm³/mol. The van der Waals surface area contributed by atoms with Crippen molar-refractivity contribution >= 4 is 23.5 Å². The molecule has 1 amide bonds. The van der Waals surface area contributed by atoms with Crippen LogP contribution in [0, 0.1) is 24.7 Å². The van der Waals surface area contributed by atoms with Crippen LogP contribution in [0.15, 0.2) is 40.9 Å². The minimum absolute atomic E-state index is 0.0536. The van der Waals surface area contributed by atoms with Gasteiger partial charge in [-0.15, -0.1) is 0 Å². The number of carbonyl (C=O) groups excluding carboxylic acids is 3. The number of nitrogens with one attached hydrogen (secondary N) is 1. The molecule has 2 fully saturated rings. The molecule has 2 saturated carbocycles. The molecule has 7 heteroatoms. The lowest BCUT2D eigenvalue weighted by molar-refractivity contribution is -0.162. The van der Waals surface area contributed by atoms with Gasteiger partial charge in [0.1, 0.15) is 11.5 Å². The van der Waals surface area contributed by atoms with Gasteiger partial charge in [0.25, 0.3) is 5.91 Å². The Hall–Kier alpha value is -2.96. The van der Waals surface area contributed by atoms with E-state index in [1.54, 1.807) is 37.3 Å². The van der Waals surface area contributed by atoms with Crippen molar-refractivity contribution in [1.82, 2.24) is 5.16 Å². The molecule has 1 aromatic carbocycles. The van der Waals surface area contributed by atoms with Gasteiger partial charge in [-0.2, -0.15) is 0 Å². The van der Waals surface area contributed by atoms with Gasteiger partial charge in [-0.1, -0.05) is 41.9 Å². The van der Waals surface area contributed by atoms with Crippen molar-refractivity contribution in [3.05, 3.63) is 47.7 Å². The number of fused-ring (bicyclic) bond motifs is 2. The van der Waals surface area contributed by atoms with Gasteiger partial charge in [0.05, 0.1) is 5.92 Å². The number of ether oxygens (including phenoxy) is 1. The van der Waals surface area contributed by atoms with E-state index in [1.807, 2.05) is 6.07 Å². The number of carbonyl (C=O) groups is 3. The van der Waals surface area contributed by atoms with Gasteiger partial charge >= 0.3 is 5.97 Å². The van der Waals surface area contributed by atoms with Crippen molar-refractivity contribution in [3.63, 3.8) is 0 Å². The van der Waals surface area contributed by atoms with Crippen LogP contribution in [0.3, 0.4) is 0 Å². The minimum atomic E-state index is -1.10. The van der Waals surface area contributed by atoms with Crippen molar-refractivity contribution < 1.29 is 23.6 Å². The monoisotopic (exact) mass is 396 g/mol. The first-order valence-electron chi connectivity index (χ1n) is 10.0. The number of benzene rings is 1. The van der Waals surface area contributed by atoms with E-state index in [9.17, 15) is 14.4 Å². The van der Waals surface area contributed by atoms with E-state index in [0.717, 1.165) is 19.3 Å². The summed E-state index contributed by atoms with van der Waals surface area (Å²) in [7, 11) is 0. The summed E-state index contributed by atoms with van der Waals surface area (Å²) in [5.74, 6) is -0.256. The Morgan fingerprint density at radius 2 is 1.86 bits per heavy atom. The first kappa shape index (κ1) is 19.4. The summed E-state index contributed by atoms with van der Waals surface area (Å²) in [5, 5.41) is 6.40. The maximum absolute atomic E-state index is 12.9. The van der Waals surface area contributed by atoms with Gasteiger partial charge in [0.15, 0.2) is 5.82 Å². The first-order valence-corrected chi connectivity index (χ1v) is 10.0. The highest BCUT2D eigenvalue weighted by Gasteiger charge is 2.42. The molecule has 3 unspecified atom stereocenters. The number of amides is 1. The highest BCUT2D eigenvalue weighted by Crippen LogP contribution is 2.41. The van der Waals surface area contributed by atoms with Crippen LogP contribution in [0.25, 0.3) is 0 Å².